The lowest BCUT2D eigenvalue weighted by Gasteiger charge is -2.38. The van der Waals surface area contributed by atoms with E-state index in [1.54, 1.807) is 12.4 Å². The van der Waals surface area contributed by atoms with E-state index >= 15 is 0 Å². The zero-order chi connectivity index (χ0) is 22.6. The molecule has 7 heteroatoms. The molecule has 2 aromatic carbocycles. The van der Waals surface area contributed by atoms with Gasteiger partial charge in [-0.3, -0.25) is 9.25 Å². The van der Waals surface area contributed by atoms with E-state index in [0.29, 0.717) is 5.82 Å². The van der Waals surface area contributed by atoms with E-state index < -0.39 is 0 Å². The van der Waals surface area contributed by atoms with Gasteiger partial charge in [-0.25, -0.2) is 15.0 Å². The minimum atomic E-state index is -0.194. The number of nitrogens with two attached hydrogens (primary N) is 1. The summed E-state index contributed by atoms with van der Waals surface area (Å²) < 4.78 is 3.91. The van der Waals surface area contributed by atoms with Crippen LogP contribution in [0.25, 0.3) is 39.8 Å². The Morgan fingerprint density at radius 1 is 1.00 bits per heavy atom. The molecule has 3 aromatic heterocycles. The molecule has 1 fully saturated rings. The van der Waals surface area contributed by atoms with Crippen LogP contribution < -0.4 is 5.73 Å². The Balaban J connectivity index is 1.55. The largest absolute Gasteiger partial charge is 0.321 e. The number of rotatable bonds is 4. The van der Waals surface area contributed by atoms with E-state index in [0.717, 1.165) is 46.8 Å². The summed E-state index contributed by atoms with van der Waals surface area (Å²) in [6, 6.07) is 18.7. The Morgan fingerprint density at radius 2 is 1.82 bits per heavy atom. The van der Waals surface area contributed by atoms with Crippen molar-refractivity contribution in [3.05, 3.63) is 78.1 Å². The molecule has 2 N–H and O–H groups in total. The summed E-state index contributed by atoms with van der Waals surface area (Å²) >= 11 is 0. The van der Waals surface area contributed by atoms with Crippen molar-refractivity contribution in [1.29, 1.82) is 0 Å². The van der Waals surface area contributed by atoms with Crippen molar-refractivity contribution in [3.8, 4) is 28.6 Å². The molecule has 1 aliphatic rings. The number of nitrogens with zero attached hydrogens (tertiary/aromatic N) is 6. The van der Waals surface area contributed by atoms with Gasteiger partial charge in [0, 0.05) is 30.0 Å². The first-order valence-electron chi connectivity index (χ1n) is 11.2. The van der Waals surface area contributed by atoms with Gasteiger partial charge in [0.15, 0.2) is 17.3 Å². The fourth-order valence-corrected chi connectivity index (χ4v) is 4.60. The monoisotopic (exact) mass is 435 g/mol. The summed E-state index contributed by atoms with van der Waals surface area (Å²) in [5, 5.41) is 4.35. The topological polar surface area (TPSA) is 87.4 Å². The lowest BCUT2D eigenvalue weighted by Crippen LogP contribution is -2.43. The van der Waals surface area contributed by atoms with Gasteiger partial charge in [-0.05, 0) is 56.0 Å². The van der Waals surface area contributed by atoms with Crippen molar-refractivity contribution in [2.24, 2.45) is 12.8 Å². The van der Waals surface area contributed by atoms with Crippen molar-refractivity contribution in [2.45, 2.75) is 31.7 Å². The highest BCUT2D eigenvalue weighted by molar-refractivity contribution is 5.80. The van der Waals surface area contributed by atoms with Crippen LogP contribution in [0.3, 0.4) is 0 Å². The van der Waals surface area contributed by atoms with Gasteiger partial charge in [-0.2, -0.15) is 5.10 Å². The zero-order valence-corrected chi connectivity index (χ0v) is 18.7. The molecule has 0 atom stereocenters. The predicted molar refractivity (Wildman–Crippen MR) is 129 cm³/mol. The highest BCUT2D eigenvalue weighted by Crippen LogP contribution is 2.39. The van der Waals surface area contributed by atoms with Crippen molar-refractivity contribution in [3.63, 3.8) is 0 Å². The first kappa shape index (κ1) is 19.8. The molecule has 6 rings (SSSR count). The van der Waals surface area contributed by atoms with Gasteiger partial charge in [-0.15, -0.1) is 0 Å². The molecule has 0 radical (unpaired) electrons. The van der Waals surface area contributed by atoms with E-state index in [1.807, 2.05) is 29.9 Å². The smallest absolute Gasteiger partial charge is 0.169 e. The van der Waals surface area contributed by atoms with E-state index in [-0.39, 0.29) is 5.54 Å². The minimum Gasteiger partial charge on any atom is -0.321 e. The second kappa shape index (κ2) is 7.35. The Hall–Kier alpha value is -3.84. The molecule has 33 heavy (non-hydrogen) atoms. The number of benzene rings is 2. The Kier molecular flexibility index (Phi) is 4.41. The molecular formula is C26H25N7. The van der Waals surface area contributed by atoms with Crippen LogP contribution in [0.5, 0.6) is 0 Å². The fourth-order valence-electron chi connectivity index (χ4n) is 4.60. The third kappa shape index (κ3) is 3.24. The van der Waals surface area contributed by atoms with Crippen LogP contribution in [0.4, 0.5) is 0 Å². The Morgan fingerprint density at radius 3 is 2.48 bits per heavy atom. The zero-order valence-electron chi connectivity index (χ0n) is 18.7. The highest BCUT2D eigenvalue weighted by atomic mass is 15.3. The molecular weight excluding hydrogens is 410 g/mol. The maximum Gasteiger partial charge on any atom is 0.169 e. The Bertz CT molecular complexity index is 1470. The molecule has 0 saturated heterocycles. The third-order valence-corrected chi connectivity index (χ3v) is 6.67. The number of fused-ring (bicyclic) bond motifs is 1. The summed E-state index contributed by atoms with van der Waals surface area (Å²) in [7, 11) is 1.92. The second-order valence-corrected chi connectivity index (χ2v) is 8.94. The molecule has 0 unspecified atom stereocenters. The van der Waals surface area contributed by atoms with Crippen LogP contribution in [-0.4, -0.2) is 29.3 Å². The predicted octanol–water partition coefficient (Wildman–Crippen LogP) is 4.53. The maximum atomic E-state index is 6.56. The summed E-state index contributed by atoms with van der Waals surface area (Å²) in [6.45, 7) is 2.07. The lowest BCUT2D eigenvalue weighted by molar-refractivity contribution is 0.253. The first-order chi connectivity index (χ1) is 16.0. The van der Waals surface area contributed by atoms with Crippen molar-refractivity contribution >= 4 is 11.2 Å². The Labute approximate surface area is 191 Å². The molecule has 0 aliphatic heterocycles. The van der Waals surface area contributed by atoms with E-state index in [2.05, 4.69) is 58.0 Å². The van der Waals surface area contributed by atoms with E-state index in [9.17, 15) is 0 Å². The van der Waals surface area contributed by atoms with Crippen molar-refractivity contribution in [2.75, 3.05) is 0 Å². The molecule has 7 nitrogen and oxygen atoms in total. The van der Waals surface area contributed by atoms with Crippen LogP contribution in [0.2, 0.25) is 0 Å². The lowest BCUT2D eigenvalue weighted by atomic mass is 9.73. The summed E-state index contributed by atoms with van der Waals surface area (Å²) in [4.78, 5) is 14.5. The molecule has 0 spiro atoms. The van der Waals surface area contributed by atoms with Crippen molar-refractivity contribution < 1.29 is 0 Å². The summed E-state index contributed by atoms with van der Waals surface area (Å²) in [5.74, 6) is 1.45. The molecule has 0 amide bonds. The standard InChI is InChI=1S/C26H25N7/c1-17-5-3-6-18(15-17)23-28-16-21-24(31-23)33(25(30-21)22-11-14-29-32(22)2)20-9-7-19(8-10-20)26(27)12-4-13-26/h3,5-11,14-16H,4,12-13,27H2,1-2H3. The number of aromatic nitrogens is 6. The van der Waals surface area contributed by atoms with Gasteiger partial charge in [0.2, 0.25) is 0 Å². The fraction of sp³-hybridized carbons (Fsp3) is 0.231. The van der Waals surface area contributed by atoms with Crippen LogP contribution in [0.15, 0.2) is 67.0 Å². The number of imidazole rings is 1. The van der Waals surface area contributed by atoms with Gasteiger partial charge in [0.05, 0.1) is 6.20 Å². The van der Waals surface area contributed by atoms with Crippen molar-refractivity contribution in [1.82, 2.24) is 29.3 Å². The number of aryl methyl sites for hydroxylation is 2. The minimum absolute atomic E-state index is 0.194. The molecule has 164 valence electrons. The second-order valence-electron chi connectivity index (χ2n) is 8.94. The average molecular weight is 436 g/mol. The van der Waals surface area contributed by atoms with E-state index in [1.165, 1.54) is 17.5 Å². The molecule has 5 aromatic rings. The van der Waals surface area contributed by atoms with Crippen LogP contribution >= 0.6 is 0 Å². The molecule has 0 bridgehead atoms. The highest BCUT2D eigenvalue weighted by Gasteiger charge is 2.34. The van der Waals surface area contributed by atoms with Crippen LogP contribution in [0, 0.1) is 6.92 Å². The van der Waals surface area contributed by atoms with Gasteiger partial charge < -0.3 is 5.73 Å². The SMILES string of the molecule is Cc1cccc(-c2ncc3nc(-c4ccnn4C)n(-c4ccc(C5(N)CCC5)cc4)c3n2)c1. The number of hydrogen-bond donors (Lipinski definition) is 1. The van der Waals surface area contributed by atoms with Gasteiger partial charge in [-0.1, -0.05) is 35.9 Å². The first-order valence-corrected chi connectivity index (χ1v) is 11.2. The molecule has 3 heterocycles. The normalized spacial score (nSPS) is 15.0. The quantitative estimate of drug-likeness (QED) is 0.448. The van der Waals surface area contributed by atoms with Gasteiger partial charge in [0.1, 0.15) is 11.2 Å². The van der Waals surface area contributed by atoms with Crippen LogP contribution in [0.1, 0.15) is 30.4 Å². The van der Waals surface area contributed by atoms with Gasteiger partial charge >= 0.3 is 0 Å². The summed E-state index contributed by atoms with van der Waals surface area (Å²) in [5.41, 5.74) is 13.1. The van der Waals surface area contributed by atoms with E-state index in [4.69, 9.17) is 15.7 Å². The average Bonchev–Trinajstić information content (AvgIpc) is 3.40. The maximum absolute atomic E-state index is 6.56. The third-order valence-electron chi connectivity index (χ3n) is 6.67. The number of hydrogen-bond acceptors (Lipinski definition) is 5. The molecule has 1 saturated carbocycles. The summed E-state index contributed by atoms with van der Waals surface area (Å²) in [6.07, 6.45) is 6.84. The van der Waals surface area contributed by atoms with Gasteiger partial charge in [0.25, 0.3) is 0 Å². The van der Waals surface area contributed by atoms with Crippen LogP contribution in [-0.2, 0) is 12.6 Å². The molecule has 1 aliphatic carbocycles.